The standard InChI is InChI=1S/C24H21F3O2/c1-29-18-10-6-14(7-11-18)21-19(13-4-8-17(9-5-13)24(25,26)27)20-15-2-3-16(12-15)22(20)23(21)28/h4-11,15-16,20,22H,2-3,12H2,1H3. The van der Waals surface area contributed by atoms with Crippen LogP contribution in [0.5, 0.6) is 5.75 Å². The highest BCUT2D eigenvalue weighted by atomic mass is 19.4. The van der Waals surface area contributed by atoms with Crippen molar-refractivity contribution in [2.75, 3.05) is 7.11 Å². The number of rotatable bonds is 3. The lowest BCUT2D eigenvalue weighted by molar-refractivity contribution is -0.137. The van der Waals surface area contributed by atoms with Crippen molar-refractivity contribution < 1.29 is 22.7 Å². The van der Waals surface area contributed by atoms with Crippen LogP contribution in [0.25, 0.3) is 11.1 Å². The van der Waals surface area contributed by atoms with E-state index in [9.17, 15) is 18.0 Å². The van der Waals surface area contributed by atoms with Crippen molar-refractivity contribution in [3.8, 4) is 5.75 Å². The molecule has 0 N–H and O–H groups in total. The van der Waals surface area contributed by atoms with E-state index in [-0.39, 0.29) is 17.6 Å². The molecule has 0 spiro atoms. The predicted octanol–water partition coefficient (Wildman–Crippen LogP) is 5.87. The second kappa shape index (κ2) is 6.48. The minimum atomic E-state index is -4.37. The Balaban J connectivity index is 1.65. The van der Waals surface area contributed by atoms with Crippen LogP contribution in [0.15, 0.2) is 48.5 Å². The van der Waals surface area contributed by atoms with Gasteiger partial charge in [0.15, 0.2) is 5.78 Å². The molecule has 2 nitrogen and oxygen atoms in total. The topological polar surface area (TPSA) is 26.3 Å². The summed E-state index contributed by atoms with van der Waals surface area (Å²) in [6.07, 6.45) is -1.14. The van der Waals surface area contributed by atoms with Gasteiger partial charge in [-0.15, -0.1) is 0 Å². The first kappa shape index (κ1) is 18.5. The number of allylic oxidation sites excluding steroid dienone is 2. The minimum absolute atomic E-state index is 0.0249. The summed E-state index contributed by atoms with van der Waals surface area (Å²) in [5, 5.41) is 0. The number of ketones is 1. The smallest absolute Gasteiger partial charge is 0.416 e. The van der Waals surface area contributed by atoms with Gasteiger partial charge in [0, 0.05) is 11.5 Å². The first-order valence-electron chi connectivity index (χ1n) is 9.99. The van der Waals surface area contributed by atoms with Crippen molar-refractivity contribution in [3.05, 3.63) is 65.2 Å². The maximum Gasteiger partial charge on any atom is 0.416 e. The third kappa shape index (κ3) is 2.82. The molecule has 3 aliphatic carbocycles. The van der Waals surface area contributed by atoms with E-state index < -0.39 is 11.7 Å². The van der Waals surface area contributed by atoms with E-state index in [1.54, 1.807) is 7.11 Å². The molecule has 0 amide bonds. The van der Waals surface area contributed by atoms with Crippen LogP contribution in [-0.4, -0.2) is 12.9 Å². The number of hydrogen-bond acceptors (Lipinski definition) is 2. The van der Waals surface area contributed by atoms with Crippen molar-refractivity contribution in [3.63, 3.8) is 0 Å². The van der Waals surface area contributed by atoms with Gasteiger partial charge in [0.25, 0.3) is 0 Å². The molecule has 0 heterocycles. The van der Waals surface area contributed by atoms with Gasteiger partial charge in [-0.1, -0.05) is 24.3 Å². The minimum Gasteiger partial charge on any atom is -0.497 e. The summed E-state index contributed by atoms with van der Waals surface area (Å²) in [5.74, 6) is 1.80. The third-order valence-electron chi connectivity index (χ3n) is 6.97. The van der Waals surface area contributed by atoms with E-state index in [2.05, 4.69) is 0 Å². The van der Waals surface area contributed by atoms with Crippen molar-refractivity contribution >= 4 is 16.9 Å². The second-order valence-corrected chi connectivity index (χ2v) is 8.34. The van der Waals surface area contributed by atoms with Gasteiger partial charge in [-0.3, -0.25) is 4.79 Å². The summed E-state index contributed by atoms with van der Waals surface area (Å²) in [6.45, 7) is 0. The molecule has 0 radical (unpaired) electrons. The molecule has 4 unspecified atom stereocenters. The Morgan fingerprint density at radius 1 is 0.862 bits per heavy atom. The first-order valence-corrected chi connectivity index (χ1v) is 9.99. The predicted molar refractivity (Wildman–Crippen MR) is 104 cm³/mol. The van der Waals surface area contributed by atoms with Crippen LogP contribution in [0.1, 0.15) is 36.0 Å². The van der Waals surface area contributed by atoms with E-state index in [0.29, 0.717) is 23.2 Å². The Labute approximate surface area is 167 Å². The zero-order chi connectivity index (χ0) is 20.3. The number of Topliss-reactive ketones (excluding diaryl/α,β-unsaturated/α-hetero) is 1. The number of ether oxygens (including phenoxy) is 1. The van der Waals surface area contributed by atoms with Gasteiger partial charge in [-0.25, -0.2) is 0 Å². The molecule has 5 rings (SSSR count). The molecule has 2 aromatic rings. The first-order chi connectivity index (χ1) is 13.9. The van der Waals surface area contributed by atoms with Crippen LogP contribution >= 0.6 is 0 Å². The number of benzene rings is 2. The van der Waals surface area contributed by atoms with Gasteiger partial charge in [0.1, 0.15) is 5.75 Å². The summed E-state index contributed by atoms with van der Waals surface area (Å²) in [6, 6.07) is 12.7. The highest BCUT2D eigenvalue weighted by Crippen LogP contribution is 2.62. The van der Waals surface area contributed by atoms with Gasteiger partial charge in [0.05, 0.1) is 12.7 Å². The Morgan fingerprint density at radius 2 is 1.45 bits per heavy atom. The van der Waals surface area contributed by atoms with E-state index in [1.165, 1.54) is 12.1 Å². The molecule has 4 atom stereocenters. The number of halogens is 3. The van der Waals surface area contributed by atoms with Crippen LogP contribution in [-0.2, 0) is 11.0 Å². The molecule has 3 aliphatic rings. The van der Waals surface area contributed by atoms with Crippen molar-refractivity contribution in [1.82, 2.24) is 0 Å². The lowest BCUT2D eigenvalue weighted by Gasteiger charge is -2.26. The zero-order valence-corrected chi connectivity index (χ0v) is 16.0. The highest BCUT2D eigenvalue weighted by molar-refractivity contribution is 6.32. The zero-order valence-electron chi connectivity index (χ0n) is 16.0. The van der Waals surface area contributed by atoms with Crippen LogP contribution in [0.2, 0.25) is 0 Å². The maximum atomic E-state index is 13.5. The molecule has 29 heavy (non-hydrogen) atoms. The fraction of sp³-hybridized carbons (Fsp3) is 0.375. The highest BCUT2D eigenvalue weighted by Gasteiger charge is 2.57. The number of methoxy groups -OCH3 is 1. The monoisotopic (exact) mass is 398 g/mol. The summed E-state index contributed by atoms with van der Waals surface area (Å²) >= 11 is 0. The molecule has 0 aliphatic heterocycles. The molecule has 2 saturated carbocycles. The molecule has 2 aromatic carbocycles. The molecule has 150 valence electrons. The summed E-state index contributed by atoms with van der Waals surface area (Å²) < 4.78 is 44.3. The van der Waals surface area contributed by atoms with E-state index >= 15 is 0 Å². The fourth-order valence-electron chi connectivity index (χ4n) is 5.78. The lowest BCUT2D eigenvalue weighted by atomic mass is 9.77. The van der Waals surface area contributed by atoms with Crippen molar-refractivity contribution in [2.24, 2.45) is 23.7 Å². The Bertz CT molecular complexity index is 986. The van der Waals surface area contributed by atoms with Gasteiger partial charge in [-0.2, -0.15) is 13.2 Å². The van der Waals surface area contributed by atoms with Crippen LogP contribution in [0.4, 0.5) is 13.2 Å². The fourth-order valence-corrected chi connectivity index (χ4v) is 5.78. The van der Waals surface area contributed by atoms with Gasteiger partial charge >= 0.3 is 6.18 Å². The van der Waals surface area contributed by atoms with Gasteiger partial charge in [-0.05, 0) is 78.0 Å². The van der Waals surface area contributed by atoms with Crippen molar-refractivity contribution in [1.29, 1.82) is 0 Å². The number of alkyl halides is 3. The average molecular weight is 398 g/mol. The van der Waals surface area contributed by atoms with Gasteiger partial charge in [0.2, 0.25) is 0 Å². The summed E-state index contributed by atoms with van der Waals surface area (Å²) in [4.78, 5) is 13.5. The Kier molecular flexibility index (Phi) is 4.12. The van der Waals surface area contributed by atoms with Crippen LogP contribution in [0, 0.1) is 23.7 Å². The molecule has 2 fully saturated rings. The molecule has 0 saturated heterocycles. The largest absolute Gasteiger partial charge is 0.497 e. The number of carbonyl (C=O) groups excluding carboxylic acids is 1. The number of carbonyl (C=O) groups is 1. The quantitative estimate of drug-likeness (QED) is 0.646. The third-order valence-corrected chi connectivity index (χ3v) is 6.97. The van der Waals surface area contributed by atoms with Crippen molar-refractivity contribution in [2.45, 2.75) is 25.4 Å². The van der Waals surface area contributed by atoms with E-state index in [1.807, 2.05) is 24.3 Å². The Hall–Kier alpha value is -2.56. The number of hydrogen-bond donors (Lipinski definition) is 0. The molecular weight excluding hydrogens is 377 g/mol. The molecule has 0 aromatic heterocycles. The molecule has 2 bridgehead atoms. The second-order valence-electron chi connectivity index (χ2n) is 8.34. The number of fused-ring (bicyclic) bond motifs is 5. The average Bonchev–Trinajstić information content (AvgIpc) is 3.40. The van der Waals surface area contributed by atoms with Gasteiger partial charge < -0.3 is 4.74 Å². The molecular formula is C24H21F3O2. The summed E-state index contributed by atoms with van der Waals surface area (Å²) in [7, 11) is 1.59. The van der Waals surface area contributed by atoms with Crippen LogP contribution in [0.3, 0.4) is 0 Å². The summed E-state index contributed by atoms with van der Waals surface area (Å²) in [5.41, 5.74) is 2.50. The van der Waals surface area contributed by atoms with Crippen LogP contribution < -0.4 is 4.74 Å². The maximum absolute atomic E-state index is 13.5. The SMILES string of the molecule is COc1ccc(C2=C(c3ccc(C(F)(F)F)cc3)C3C4CCC(C4)C3C2=O)cc1. The molecule has 5 heteroatoms. The lowest BCUT2D eigenvalue weighted by Crippen LogP contribution is -2.24. The van der Waals surface area contributed by atoms with E-state index in [4.69, 9.17) is 4.74 Å². The normalized spacial score (nSPS) is 28.2. The van der Waals surface area contributed by atoms with E-state index in [0.717, 1.165) is 48.1 Å². The Morgan fingerprint density at radius 3 is 2.03 bits per heavy atom.